The summed E-state index contributed by atoms with van der Waals surface area (Å²) in [7, 11) is 0. The van der Waals surface area contributed by atoms with Crippen molar-refractivity contribution < 1.29 is 0 Å². The van der Waals surface area contributed by atoms with Gasteiger partial charge in [0.05, 0.1) is 0 Å². The molecule has 0 heteroatoms. The summed E-state index contributed by atoms with van der Waals surface area (Å²) >= 11 is 0. The second-order valence-electron chi connectivity index (χ2n) is 5.56. The maximum atomic E-state index is 2.31. The van der Waals surface area contributed by atoms with Crippen molar-refractivity contribution in [3.8, 4) is 0 Å². The van der Waals surface area contributed by atoms with Crippen LogP contribution in [-0.2, 0) is 0 Å². The Morgan fingerprint density at radius 1 is 0.450 bits per heavy atom. The summed E-state index contributed by atoms with van der Waals surface area (Å²) in [5, 5.41) is 7.94. The molecule has 3 aromatic rings. The van der Waals surface area contributed by atoms with E-state index in [0.717, 1.165) is 0 Å². The van der Waals surface area contributed by atoms with Crippen LogP contribution in [0.5, 0.6) is 0 Å². The van der Waals surface area contributed by atoms with Crippen molar-refractivity contribution in [2.45, 2.75) is 0 Å². The van der Waals surface area contributed by atoms with E-state index in [-0.39, 0.29) is 0 Å². The van der Waals surface area contributed by atoms with E-state index in [1.165, 1.54) is 43.1 Å². The van der Waals surface area contributed by atoms with E-state index in [2.05, 4.69) is 72.9 Å². The number of rotatable bonds is 0. The van der Waals surface area contributed by atoms with Crippen molar-refractivity contribution in [1.82, 2.24) is 0 Å². The molecule has 0 N–H and O–H groups in total. The van der Waals surface area contributed by atoms with E-state index < -0.39 is 0 Å². The Kier molecular flexibility index (Phi) is 1.78. The molecule has 3 aromatic carbocycles. The fraction of sp³-hybridized carbons (Fsp3) is 0. The first-order valence-corrected chi connectivity index (χ1v) is 6.95. The predicted octanol–water partition coefficient (Wildman–Crippen LogP) is 3.61. The third kappa shape index (κ3) is 1.31. The van der Waals surface area contributed by atoms with Gasteiger partial charge in [-0.2, -0.15) is 0 Å². The number of hydrogen-bond acceptors (Lipinski definition) is 0. The monoisotopic (exact) mass is 252 g/mol. The lowest BCUT2D eigenvalue weighted by Crippen LogP contribution is -2.03. The highest BCUT2D eigenvalue weighted by atomic mass is 14.1. The third-order valence-electron chi connectivity index (χ3n) is 4.30. The Balaban J connectivity index is 1.94. The van der Waals surface area contributed by atoms with Crippen LogP contribution in [0.15, 0.2) is 48.6 Å². The fourth-order valence-electron chi connectivity index (χ4n) is 3.26. The van der Waals surface area contributed by atoms with Gasteiger partial charge in [0.1, 0.15) is 0 Å². The molecule has 0 aliphatic heterocycles. The molecule has 0 bridgehead atoms. The zero-order chi connectivity index (χ0) is 13.1. The maximum absolute atomic E-state index is 2.31. The smallest absolute Gasteiger partial charge is 0.0171 e. The minimum Gasteiger partial charge on any atom is -0.0610 e. The molecule has 92 valence electrons. The van der Waals surface area contributed by atoms with E-state index in [0.29, 0.717) is 0 Å². The molecule has 0 amide bonds. The topological polar surface area (TPSA) is 0 Å². The van der Waals surface area contributed by atoms with Gasteiger partial charge in [0.2, 0.25) is 0 Å². The van der Waals surface area contributed by atoms with Gasteiger partial charge in [0.25, 0.3) is 0 Å². The number of allylic oxidation sites excluding steroid dienone is 2. The molecule has 0 spiro atoms. The summed E-state index contributed by atoms with van der Waals surface area (Å²) in [6.07, 6.45) is 13.0. The number of hydrogen-bond donors (Lipinski definition) is 0. The summed E-state index contributed by atoms with van der Waals surface area (Å²) in [6.45, 7) is 0. The quantitative estimate of drug-likeness (QED) is 0.536. The third-order valence-corrected chi connectivity index (χ3v) is 4.30. The minimum absolute atomic E-state index is 1.32. The van der Waals surface area contributed by atoms with Gasteiger partial charge in [-0.25, -0.2) is 0 Å². The van der Waals surface area contributed by atoms with Crippen LogP contribution in [0.3, 0.4) is 0 Å². The highest BCUT2D eigenvalue weighted by molar-refractivity contribution is 6.00. The van der Waals surface area contributed by atoms with Gasteiger partial charge in [-0.3, -0.25) is 0 Å². The van der Waals surface area contributed by atoms with Crippen molar-refractivity contribution in [2.24, 2.45) is 0 Å². The Morgan fingerprint density at radius 2 is 0.900 bits per heavy atom. The number of fused-ring (bicyclic) bond motifs is 4. The van der Waals surface area contributed by atoms with Crippen molar-refractivity contribution in [3.63, 3.8) is 0 Å². The highest BCUT2D eigenvalue weighted by Crippen LogP contribution is 2.24. The molecular formula is C20H12. The van der Waals surface area contributed by atoms with Crippen molar-refractivity contribution in [2.75, 3.05) is 0 Å². The molecule has 0 atom stereocenters. The van der Waals surface area contributed by atoms with Crippen LogP contribution in [0.1, 0.15) is 11.1 Å². The van der Waals surface area contributed by atoms with E-state index in [4.69, 9.17) is 0 Å². The van der Waals surface area contributed by atoms with E-state index in [1.807, 2.05) is 0 Å². The van der Waals surface area contributed by atoms with Crippen LogP contribution in [0.4, 0.5) is 0 Å². The zero-order valence-electron chi connectivity index (χ0n) is 10.9. The second-order valence-corrected chi connectivity index (χ2v) is 5.56. The fourth-order valence-corrected chi connectivity index (χ4v) is 3.26. The molecule has 2 aliphatic rings. The largest absolute Gasteiger partial charge is 0.0610 e. The van der Waals surface area contributed by atoms with E-state index >= 15 is 0 Å². The van der Waals surface area contributed by atoms with E-state index in [1.54, 1.807) is 0 Å². The second kappa shape index (κ2) is 3.49. The summed E-state index contributed by atoms with van der Waals surface area (Å²) in [5.74, 6) is 0. The summed E-state index contributed by atoms with van der Waals surface area (Å²) in [6, 6.07) is 13.8. The first-order valence-electron chi connectivity index (χ1n) is 6.95. The number of benzene rings is 3. The SMILES string of the molecule is C1=Cc2cc3cc4cc5c(cc4cc3cc2=C1)C=CC=5. The molecule has 0 saturated heterocycles. The molecule has 0 aromatic heterocycles. The Bertz CT molecular complexity index is 987. The first kappa shape index (κ1) is 10.2. The maximum Gasteiger partial charge on any atom is -0.0171 e. The normalized spacial score (nSPS) is 14.4. The van der Waals surface area contributed by atoms with Gasteiger partial charge >= 0.3 is 0 Å². The highest BCUT2D eigenvalue weighted by Gasteiger charge is 2.05. The lowest BCUT2D eigenvalue weighted by molar-refractivity contribution is 1.63. The summed E-state index contributed by atoms with van der Waals surface area (Å²) < 4.78 is 0. The van der Waals surface area contributed by atoms with E-state index in [9.17, 15) is 0 Å². The Labute approximate surface area is 116 Å². The minimum atomic E-state index is 1.32. The van der Waals surface area contributed by atoms with Gasteiger partial charge < -0.3 is 0 Å². The molecule has 5 rings (SSSR count). The predicted molar refractivity (Wildman–Crippen MR) is 87.7 cm³/mol. The molecule has 2 aliphatic carbocycles. The average molecular weight is 252 g/mol. The Hall–Kier alpha value is -2.60. The molecule has 0 radical (unpaired) electrons. The van der Waals surface area contributed by atoms with Gasteiger partial charge in [-0.1, -0.05) is 36.5 Å². The van der Waals surface area contributed by atoms with Crippen molar-refractivity contribution >= 4 is 45.8 Å². The van der Waals surface area contributed by atoms with Crippen LogP contribution >= 0.6 is 0 Å². The molecular weight excluding hydrogens is 240 g/mol. The molecule has 0 saturated carbocycles. The van der Waals surface area contributed by atoms with Crippen LogP contribution < -0.4 is 10.4 Å². The van der Waals surface area contributed by atoms with Crippen LogP contribution in [-0.4, -0.2) is 0 Å². The van der Waals surface area contributed by atoms with Gasteiger partial charge in [-0.05, 0) is 79.5 Å². The zero-order valence-corrected chi connectivity index (χ0v) is 10.9. The molecule has 20 heavy (non-hydrogen) atoms. The lowest BCUT2D eigenvalue weighted by Gasteiger charge is -2.05. The van der Waals surface area contributed by atoms with Crippen molar-refractivity contribution in [1.29, 1.82) is 0 Å². The van der Waals surface area contributed by atoms with Gasteiger partial charge in [-0.15, -0.1) is 0 Å². The molecule has 0 nitrogen and oxygen atoms in total. The molecule has 0 fully saturated rings. The average Bonchev–Trinajstić information content (AvgIpc) is 3.07. The van der Waals surface area contributed by atoms with Crippen LogP contribution in [0.2, 0.25) is 0 Å². The molecule has 0 unspecified atom stereocenters. The van der Waals surface area contributed by atoms with Gasteiger partial charge in [0, 0.05) is 0 Å². The Morgan fingerprint density at radius 3 is 1.40 bits per heavy atom. The summed E-state index contributed by atoms with van der Waals surface area (Å²) in [5.41, 5.74) is 2.65. The molecule has 0 heterocycles. The van der Waals surface area contributed by atoms with Crippen molar-refractivity contribution in [3.05, 3.63) is 70.1 Å². The summed E-state index contributed by atoms with van der Waals surface area (Å²) in [4.78, 5) is 0. The van der Waals surface area contributed by atoms with Crippen LogP contribution in [0.25, 0.3) is 45.8 Å². The first-order chi connectivity index (χ1) is 9.87. The standard InChI is InChI=1S/C20H12/c1-3-13-7-17-11-19-9-15-5-2-6-16(15)10-20(19)12-18(17)8-14(13)4-1/h1-12H. The lowest BCUT2D eigenvalue weighted by atomic mass is 9.99. The van der Waals surface area contributed by atoms with Gasteiger partial charge in [0.15, 0.2) is 0 Å². The van der Waals surface area contributed by atoms with Crippen LogP contribution in [0, 0.1) is 0 Å².